The third-order valence-electron chi connectivity index (χ3n) is 5.94. The van der Waals surface area contributed by atoms with Gasteiger partial charge in [-0.2, -0.15) is 0 Å². The lowest BCUT2D eigenvalue weighted by Crippen LogP contribution is -2.57. The highest BCUT2D eigenvalue weighted by Crippen LogP contribution is 2.60. The molecule has 24 heavy (non-hydrogen) atoms. The number of fused-ring (bicyclic) bond motifs is 2. The second-order valence-corrected chi connectivity index (χ2v) is 7.55. The zero-order valence-corrected chi connectivity index (χ0v) is 14.2. The number of nitrogens with one attached hydrogen (secondary N) is 1. The van der Waals surface area contributed by atoms with Gasteiger partial charge >= 0.3 is 5.97 Å². The molecule has 128 valence electrons. The molecule has 3 aliphatic rings. The lowest BCUT2D eigenvalue weighted by atomic mass is 9.46. The van der Waals surface area contributed by atoms with Crippen LogP contribution < -0.4 is 5.32 Å². The van der Waals surface area contributed by atoms with Crippen molar-refractivity contribution in [3.05, 3.63) is 41.7 Å². The van der Waals surface area contributed by atoms with Gasteiger partial charge < -0.3 is 10.4 Å². The number of aromatic nitrogens is 1. The molecule has 1 aromatic rings. The van der Waals surface area contributed by atoms with Crippen molar-refractivity contribution >= 4 is 11.9 Å². The van der Waals surface area contributed by atoms with Gasteiger partial charge in [-0.1, -0.05) is 32.1 Å². The summed E-state index contributed by atoms with van der Waals surface area (Å²) in [6.45, 7) is 8.78. The molecule has 1 unspecified atom stereocenters. The first-order valence-electron chi connectivity index (χ1n) is 8.46. The summed E-state index contributed by atoms with van der Waals surface area (Å²) in [4.78, 5) is 27.3. The molecule has 4 rings (SSSR count). The molecule has 0 aliphatic heterocycles. The SMILES string of the molecule is C=C1C(NC(=O)CCc2cccnc2C(=O)O)C[C@H]2C[C@@H]1C2(C)C. The Bertz CT molecular complexity index is 696. The molecule has 0 radical (unpaired) electrons. The number of hydrogen-bond acceptors (Lipinski definition) is 3. The van der Waals surface area contributed by atoms with Crippen LogP contribution in [-0.2, 0) is 11.2 Å². The number of aromatic carboxylic acids is 1. The number of pyridine rings is 1. The smallest absolute Gasteiger partial charge is 0.354 e. The van der Waals surface area contributed by atoms with Gasteiger partial charge in [0, 0.05) is 12.6 Å². The quantitative estimate of drug-likeness (QED) is 0.815. The number of amides is 1. The fourth-order valence-electron chi connectivity index (χ4n) is 4.22. The van der Waals surface area contributed by atoms with Crippen LogP contribution in [0.1, 0.15) is 49.2 Å². The monoisotopic (exact) mass is 328 g/mol. The number of carbonyl (C=O) groups is 2. The molecule has 5 heteroatoms. The molecule has 3 aliphatic carbocycles. The molecule has 2 bridgehead atoms. The molecular formula is C19H24N2O3. The highest BCUT2D eigenvalue weighted by atomic mass is 16.4. The maximum Gasteiger partial charge on any atom is 0.354 e. The number of hydrogen-bond donors (Lipinski definition) is 2. The van der Waals surface area contributed by atoms with Gasteiger partial charge in [0.15, 0.2) is 5.69 Å². The Labute approximate surface area is 142 Å². The Morgan fingerprint density at radius 1 is 1.42 bits per heavy atom. The lowest BCUT2D eigenvalue weighted by molar-refractivity contribution is -0.123. The lowest BCUT2D eigenvalue weighted by Gasteiger charge is -2.60. The van der Waals surface area contributed by atoms with Gasteiger partial charge in [-0.25, -0.2) is 9.78 Å². The van der Waals surface area contributed by atoms with Crippen molar-refractivity contribution < 1.29 is 14.7 Å². The van der Waals surface area contributed by atoms with Crippen molar-refractivity contribution in [1.29, 1.82) is 0 Å². The third-order valence-corrected chi connectivity index (χ3v) is 5.94. The summed E-state index contributed by atoms with van der Waals surface area (Å²) in [6.07, 6.45) is 4.23. The molecule has 3 saturated carbocycles. The Morgan fingerprint density at radius 2 is 2.17 bits per heavy atom. The number of nitrogens with zero attached hydrogens (tertiary/aromatic N) is 1. The third kappa shape index (κ3) is 2.83. The molecule has 2 N–H and O–H groups in total. The van der Waals surface area contributed by atoms with Crippen LogP contribution in [-0.4, -0.2) is 28.0 Å². The van der Waals surface area contributed by atoms with Crippen LogP contribution >= 0.6 is 0 Å². The Morgan fingerprint density at radius 3 is 2.79 bits per heavy atom. The van der Waals surface area contributed by atoms with Crippen molar-refractivity contribution in [2.75, 3.05) is 0 Å². The molecule has 0 aromatic carbocycles. The molecule has 0 saturated heterocycles. The predicted molar refractivity (Wildman–Crippen MR) is 90.6 cm³/mol. The summed E-state index contributed by atoms with van der Waals surface area (Å²) in [7, 11) is 0. The van der Waals surface area contributed by atoms with E-state index in [0.717, 1.165) is 12.0 Å². The van der Waals surface area contributed by atoms with Gasteiger partial charge in [0.05, 0.1) is 6.04 Å². The first-order valence-corrected chi connectivity index (χ1v) is 8.46. The summed E-state index contributed by atoms with van der Waals surface area (Å²) in [6, 6.07) is 3.46. The standard InChI is InChI=1S/C19H24N2O3/c1-11-14-9-13(19(14,2)3)10-15(11)21-16(22)7-6-12-5-4-8-20-17(12)18(23)24/h4-5,8,13-15H,1,6-7,9-10H2,2-3H3,(H,21,22)(H,23,24)/t13-,14+,15?/m1/s1. The summed E-state index contributed by atoms with van der Waals surface area (Å²) in [5, 5.41) is 12.2. The van der Waals surface area contributed by atoms with Crippen LogP contribution in [0.15, 0.2) is 30.5 Å². The average Bonchev–Trinajstić information content (AvgIpc) is 2.54. The van der Waals surface area contributed by atoms with Crippen LogP contribution in [0.2, 0.25) is 0 Å². The summed E-state index contributed by atoms with van der Waals surface area (Å²) in [5.41, 5.74) is 2.06. The Kier molecular flexibility index (Phi) is 4.20. The molecule has 0 spiro atoms. The summed E-state index contributed by atoms with van der Waals surface area (Å²) in [5.74, 6) is 0.0307. The average molecular weight is 328 g/mol. The van der Waals surface area contributed by atoms with Gasteiger partial charge in [0.25, 0.3) is 0 Å². The summed E-state index contributed by atoms with van der Waals surface area (Å²) < 4.78 is 0. The van der Waals surface area contributed by atoms with E-state index < -0.39 is 5.97 Å². The van der Waals surface area contributed by atoms with Crippen LogP contribution in [0.3, 0.4) is 0 Å². The molecular weight excluding hydrogens is 304 g/mol. The number of carbonyl (C=O) groups excluding carboxylic acids is 1. The predicted octanol–water partition coefficient (Wildman–Crippen LogP) is 2.82. The highest BCUT2D eigenvalue weighted by Gasteiger charge is 2.54. The van der Waals surface area contributed by atoms with E-state index in [2.05, 4.69) is 30.7 Å². The van der Waals surface area contributed by atoms with Gasteiger partial charge in [0.1, 0.15) is 0 Å². The van der Waals surface area contributed by atoms with Crippen molar-refractivity contribution in [3.8, 4) is 0 Å². The van der Waals surface area contributed by atoms with E-state index in [-0.39, 0.29) is 24.1 Å². The molecule has 3 fully saturated rings. The van der Waals surface area contributed by atoms with E-state index in [4.69, 9.17) is 5.11 Å². The van der Waals surface area contributed by atoms with Crippen LogP contribution in [0, 0.1) is 17.3 Å². The molecule has 5 nitrogen and oxygen atoms in total. The zero-order valence-electron chi connectivity index (χ0n) is 14.2. The molecule has 1 aromatic heterocycles. The number of rotatable bonds is 5. The van der Waals surface area contributed by atoms with Crippen molar-refractivity contribution in [3.63, 3.8) is 0 Å². The van der Waals surface area contributed by atoms with Gasteiger partial charge in [-0.3, -0.25) is 4.79 Å². The number of carboxylic acids is 1. The topological polar surface area (TPSA) is 79.3 Å². The molecule has 1 heterocycles. The van der Waals surface area contributed by atoms with E-state index in [9.17, 15) is 9.59 Å². The second-order valence-electron chi connectivity index (χ2n) is 7.55. The second kappa shape index (κ2) is 6.04. The zero-order chi connectivity index (χ0) is 17.5. The van der Waals surface area contributed by atoms with E-state index in [1.807, 2.05) is 0 Å². The Balaban J connectivity index is 1.56. The van der Waals surface area contributed by atoms with Crippen LogP contribution in [0.25, 0.3) is 0 Å². The first-order chi connectivity index (χ1) is 11.3. The normalized spacial score (nSPS) is 27.2. The van der Waals surface area contributed by atoms with Crippen molar-refractivity contribution in [1.82, 2.24) is 10.3 Å². The molecule has 1 amide bonds. The van der Waals surface area contributed by atoms with Gasteiger partial charge in [0.2, 0.25) is 5.91 Å². The van der Waals surface area contributed by atoms with Crippen molar-refractivity contribution in [2.45, 2.75) is 45.6 Å². The maximum absolute atomic E-state index is 12.3. The Hall–Kier alpha value is -2.17. The van der Waals surface area contributed by atoms with Crippen LogP contribution in [0.4, 0.5) is 0 Å². The van der Waals surface area contributed by atoms with E-state index in [0.29, 0.717) is 29.2 Å². The van der Waals surface area contributed by atoms with E-state index in [1.54, 1.807) is 12.1 Å². The minimum Gasteiger partial charge on any atom is -0.477 e. The summed E-state index contributed by atoms with van der Waals surface area (Å²) >= 11 is 0. The van der Waals surface area contributed by atoms with E-state index >= 15 is 0 Å². The van der Waals surface area contributed by atoms with Gasteiger partial charge in [-0.05, 0) is 48.1 Å². The molecule has 3 atom stereocenters. The van der Waals surface area contributed by atoms with Gasteiger partial charge in [-0.15, -0.1) is 0 Å². The van der Waals surface area contributed by atoms with Crippen molar-refractivity contribution in [2.24, 2.45) is 17.3 Å². The minimum absolute atomic E-state index is 0.0235. The number of carboxylic acid groups (broad SMARTS) is 1. The maximum atomic E-state index is 12.3. The fourth-order valence-corrected chi connectivity index (χ4v) is 4.22. The largest absolute Gasteiger partial charge is 0.477 e. The number of aryl methyl sites for hydroxylation is 1. The highest BCUT2D eigenvalue weighted by molar-refractivity contribution is 5.87. The van der Waals surface area contributed by atoms with E-state index in [1.165, 1.54) is 12.6 Å². The van der Waals surface area contributed by atoms with Crippen LogP contribution in [0.5, 0.6) is 0 Å². The minimum atomic E-state index is -1.06. The first kappa shape index (κ1) is 16.7. The fraction of sp³-hybridized carbons (Fsp3) is 0.526.